The van der Waals surface area contributed by atoms with Gasteiger partial charge in [0.1, 0.15) is 12.3 Å². The second kappa shape index (κ2) is 4.40. The third-order valence-electron chi connectivity index (χ3n) is 2.40. The molecule has 0 bridgehead atoms. The summed E-state index contributed by atoms with van der Waals surface area (Å²) in [6, 6.07) is 4.39. The van der Waals surface area contributed by atoms with E-state index >= 15 is 0 Å². The molecule has 0 aliphatic carbocycles. The van der Waals surface area contributed by atoms with Crippen molar-refractivity contribution in [3.63, 3.8) is 0 Å². The fourth-order valence-electron chi connectivity index (χ4n) is 1.52. The lowest BCUT2D eigenvalue weighted by Crippen LogP contribution is -2.34. The van der Waals surface area contributed by atoms with Crippen LogP contribution in [0.5, 0.6) is 5.75 Å². The zero-order chi connectivity index (χ0) is 13.3. The highest BCUT2D eigenvalue weighted by atomic mass is 19.4. The molecule has 1 aromatic carbocycles. The van der Waals surface area contributed by atoms with Crippen molar-refractivity contribution in [1.82, 2.24) is 0 Å². The van der Waals surface area contributed by atoms with Gasteiger partial charge in [0, 0.05) is 5.69 Å². The quantitative estimate of drug-likeness (QED) is 0.858. The summed E-state index contributed by atoms with van der Waals surface area (Å²) in [7, 11) is 0. The lowest BCUT2D eigenvalue weighted by atomic mass is 10.2. The van der Waals surface area contributed by atoms with Crippen molar-refractivity contribution in [3.8, 4) is 5.75 Å². The molecule has 0 fully saturated rings. The average Bonchev–Trinajstić information content (AvgIpc) is 2.27. The van der Waals surface area contributed by atoms with Gasteiger partial charge in [-0.05, 0) is 25.1 Å². The number of benzene rings is 1. The lowest BCUT2D eigenvalue weighted by molar-refractivity contribution is -0.122. The van der Waals surface area contributed by atoms with E-state index in [1.807, 2.05) is 0 Å². The monoisotopic (exact) mass is 260 g/mol. The summed E-state index contributed by atoms with van der Waals surface area (Å²) in [5, 5.41) is 4.79. The number of alkyl halides is 3. The molecule has 7 heteroatoms. The zero-order valence-electron chi connectivity index (χ0n) is 9.47. The molecule has 0 radical (unpaired) electrons. The van der Waals surface area contributed by atoms with E-state index in [-0.39, 0.29) is 11.6 Å². The second-order valence-corrected chi connectivity index (χ2v) is 3.93. The van der Waals surface area contributed by atoms with E-state index < -0.39 is 18.8 Å². The van der Waals surface area contributed by atoms with E-state index in [1.54, 1.807) is 6.92 Å². The minimum atomic E-state index is -4.29. The van der Waals surface area contributed by atoms with Gasteiger partial charge in [-0.3, -0.25) is 4.79 Å². The van der Waals surface area contributed by atoms with E-state index in [0.717, 1.165) is 0 Å². The Kier molecular flexibility index (Phi) is 3.06. The van der Waals surface area contributed by atoms with Gasteiger partial charge in [-0.15, -0.1) is 0 Å². The predicted octanol–water partition coefficient (Wildman–Crippen LogP) is 2.38. The first-order valence-electron chi connectivity index (χ1n) is 5.27. The number of fused-ring (bicyclic) bond motifs is 1. The Hall–Kier alpha value is -1.92. The van der Waals surface area contributed by atoms with Crippen LogP contribution in [0.3, 0.4) is 0 Å². The van der Waals surface area contributed by atoms with Gasteiger partial charge in [0.15, 0.2) is 6.10 Å². The van der Waals surface area contributed by atoms with Crippen LogP contribution in [0.4, 0.5) is 24.5 Å². The predicted molar refractivity (Wildman–Crippen MR) is 59.7 cm³/mol. The average molecular weight is 260 g/mol. The number of anilines is 2. The smallest absolute Gasteiger partial charge is 0.405 e. The number of hydrogen-bond acceptors (Lipinski definition) is 3. The Labute approximate surface area is 101 Å². The topological polar surface area (TPSA) is 50.4 Å². The summed E-state index contributed by atoms with van der Waals surface area (Å²) in [5.41, 5.74) is 0.634. The van der Waals surface area contributed by atoms with E-state index in [2.05, 4.69) is 10.6 Å². The molecule has 0 spiro atoms. The number of ether oxygens (including phenoxy) is 1. The minimum Gasteiger partial charge on any atom is -0.479 e. The number of carbonyl (C=O) groups excluding carboxylic acids is 1. The number of carbonyl (C=O) groups is 1. The van der Waals surface area contributed by atoms with E-state index in [4.69, 9.17) is 4.74 Å². The summed E-state index contributed by atoms with van der Waals surface area (Å²) < 4.78 is 41.4. The fraction of sp³-hybridized carbons (Fsp3) is 0.364. The molecule has 98 valence electrons. The van der Waals surface area contributed by atoms with Crippen LogP contribution in [0.15, 0.2) is 18.2 Å². The van der Waals surface area contributed by atoms with Crippen LogP contribution >= 0.6 is 0 Å². The molecule has 4 nitrogen and oxygen atoms in total. The van der Waals surface area contributed by atoms with Crippen molar-refractivity contribution < 1.29 is 22.7 Å². The van der Waals surface area contributed by atoms with Crippen LogP contribution in [0.2, 0.25) is 0 Å². The van der Waals surface area contributed by atoms with Crippen LogP contribution in [-0.4, -0.2) is 24.7 Å². The molecule has 1 atom stereocenters. The van der Waals surface area contributed by atoms with Gasteiger partial charge in [0.05, 0.1) is 5.69 Å². The Morgan fingerprint density at radius 2 is 2.17 bits per heavy atom. The maximum Gasteiger partial charge on any atom is 0.405 e. The molecular formula is C11H11F3N2O2. The highest BCUT2D eigenvalue weighted by Gasteiger charge is 2.27. The Bertz CT molecular complexity index is 474. The molecule has 2 rings (SSSR count). The van der Waals surface area contributed by atoms with Gasteiger partial charge in [-0.25, -0.2) is 0 Å². The van der Waals surface area contributed by atoms with Gasteiger partial charge in [0.25, 0.3) is 5.91 Å². The standard InChI is InChI=1S/C11H11F3N2O2/c1-6-10(17)16-8-4-7(2-3-9(8)18-6)15-5-11(12,13)14/h2-4,6,15H,5H2,1H3,(H,16,17). The third-order valence-corrected chi connectivity index (χ3v) is 2.40. The summed E-state index contributed by atoms with van der Waals surface area (Å²) in [5.74, 6) is 0.120. The van der Waals surface area contributed by atoms with Crippen molar-refractivity contribution >= 4 is 17.3 Å². The molecule has 1 heterocycles. The maximum atomic E-state index is 12.0. The van der Waals surface area contributed by atoms with Crippen LogP contribution in [0, 0.1) is 0 Å². The normalized spacial score (nSPS) is 18.7. The van der Waals surface area contributed by atoms with E-state index in [0.29, 0.717) is 11.4 Å². The number of halogens is 3. The zero-order valence-corrected chi connectivity index (χ0v) is 9.47. The fourth-order valence-corrected chi connectivity index (χ4v) is 1.52. The lowest BCUT2D eigenvalue weighted by Gasteiger charge is -2.23. The van der Waals surface area contributed by atoms with Crippen molar-refractivity contribution in [2.24, 2.45) is 0 Å². The van der Waals surface area contributed by atoms with Crippen LogP contribution in [0.25, 0.3) is 0 Å². The molecule has 18 heavy (non-hydrogen) atoms. The molecule has 1 unspecified atom stereocenters. The molecule has 1 aromatic rings. The van der Waals surface area contributed by atoms with Gasteiger partial charge in [-0.1, -0.05) is 0 Å². The highest BCUT2D eigenvalue weighted by molar-refractivity contribution is 5.98. The molecule has 1 aliphatic heterocycles. The molecule has 0 saturated carbocycles. The van der Waals surface area contributed by atoms with Crippen LogP contribution in [0.1, 0.15) is 6.92 Å². The van der Waals surface area contributed by atoms with Crippen LogP contribution < -0.4 is 15.4 Å². The van der Waals surface area contributed by atoms with Crippen LogP contribution in [-0.2, 0) is 4.79 Å². The van der Waals surface area contributed by atoms with Gasteiger partial charge in [-0.2, -0.15) is 13.2 Å². The Morgan fingerprint density at radius 3 is 2.83 bits per heavy atom. The number of hydrogen-bond donors (Lipinski definition) is 2. The first kappa shape index (κ1) is 12.5. The minimum absolute atomic E-state index is 0.268. The first-order chi connectivity index (χ1) is 8.35. The number of nitrogens with one attached hydrogen (secondary N) is 2. The number of amides is 1. The van der Waals surface area contributed by atoms with Crippen molar-refractivity contribution in [2.75, 3.05) is 17.2 Å². The molecule has 0 saturated heterocycles. The SMILES string of the molecule is CC1Oc2ccc(NCC(F)(F)F)cc2NC1=O. The summed E-state index contributed by atoms with van der Waals surface area (Å²) in [6.07, 6.45) is -4.89. The summed E-state index contributed by atoms with van der Waals surface area (Å²) >= 11 is 0. The van der Waals surface area contributed by atoms with Gasteiger partial charge < -0.3 is 15.4 Å². The van der Waals surface area contributed by atoms with Crippen molar-refractivity contribution in [3.05, 3.63) is 18.2 Å². The molecule has 2 N–H and O–H groups in total. The van der Waals surface area contributed by atoms with E-state index in [9.17, 15) is 18.0 Å². The van der Waals surface area contributed by atoms with Gasteiger partial charge in [0.2, 0.25) is 0 Å². The van der Waals surface area contributed by atoms with Crippen molar-refractivity contribution in [1.29, 1.82) is 0 Å². The molecule has 1 aliphatic rings. The Morgan fingerprint density at radius 1 is 1.44 bits per heavy atom. The second-order valence-electron chi connectivity index (χ2n) is 3.93. The largest absolute Gasteiger partial charge is 0.479 e. The highest BCUT2D eigenvalue weighted by Crippen LogP contribution is 2.32. The van der Waals surface area contributed by atoms with Gasteiger partial charge >= 0.3 is 6.18 Å². The summed E-state index contributed by atoms with van der Waals surface area (Å²) in [6.45, 7) is 0.463. The summed E-state index contributed by atoms with van der Waals surface area (Å²) in [4.78, 5) is 11.3. The molecule has 0 aromatic heterocycles. The Balaban J connectivity index is 2.13. The first-order valence-corrected chi connectivity index (χ1v) is 5.27. The molecule has 1 amide bonds. The van der Waals surface area contributed by atoms with E-state index in [1.165, 1.54) is 18.2 Å². The third kappa shape index (κ3) is 2.85. The van der Waals surface area contributed by atoms with Crippen molar-refractivity contribution in [2.45, 2.75) is 19.2 Å². The maximum absolute atomic E-state index is 12.0. The molecular weight excluding hydrogens is 249 g/mol. The number of rotatable bonds is 2.